The topological polar surface area (TPSA) is 93.6 Å². The first-order valence-electron chi connectivity index (χ1n) is 5.33. The largest absolute Gasteiger partial charge is 0.396 e. The number of ether oxygens (including phenoxy) is 1. The predicted molar refractivity (Wildman–Crippen MR) is 62.2 cm³/mol. The number of carbonyl (C=O) groups excluding carboxylic acids is 1. The van der Waals surface area contributed by atoms with Gasteiger partial charge in [0.25, 0.3) is 0 Å². The maximum Gasteiger partial charge on any atom is 0.244 e. The van der Waals surface area contributed by atoms with Crippen LogP contribution in [0.25, 0.3) is 0 Å². The Bertz CT molecular complexity index is 353. The number of aliphatic hydroxyl groups is 1. The van der Waals surface area contributed by atoms with Crippen molar-refractivity contribution in [1.82, 2.24) is 14.7 Å². The van der Waals surface area contributed by atoms with Gasteiger partial charge in [0, 0.05) is 26.4 Å². The van der Waals surface area contributed by atoms with E-state index in [-0.39, 0.29) is 19.1 Å². The van der Waals surface area contributed by atoms with Crippen LogP contribution in [-0.2, 0) is 16.1 Å². The highest BCUT2D eigenvalue weighted by atomic mass is 16.5. The smallest absolute Gasteiger partial charge is 0.244 e. The van der Waals surface area contributed by atoms with Crippen LogP contribution in [-0.4, -0.2) is 59.1 Å². The quantitative estimate of drug-likeness (QED) is 0.635. The SMILES string of the molecule is COCCN(CCO)C(=O)Cn1cc(N)cn1. The summed E-state index contributed by atoms with van der Waals surface area (Å²) in [5.74, 6) is -0.126. The summed E-state index contributed by atoms with van der Waals surface area (Å²) in [7, 11) is 1.57. The molecule has 1 aromatic heterocycles. The number of anilines is 1. The standard InChI is InChI=1S/C10H18N4O3/c1-17-5-3-13(2-4-15)10(16)8-14-7-9(11)6-12-14/h6-7,15H,2-5,8,11H2,1H3. The molecule has 0 aliphatic rings. The van der Waals surface area contributed by atoms with Gasteiger partial charge in [-0.25, -0.2) is 0 Å². The molecule has 0 aliphatic carbocycles. The number of aliphatic hydroxyl groups excluding tert-OH is 1. The molecule has 0 radical (unpaired) electrons. The van der Waals surface area contributed by atoms with Gasteiger partial charge in [0.05, 0.1) is 25.1 Å². The fraction of sp³-hybridized carbons (Fsp3) is 0.600. The fourth-order valence-electron chi connectivity index (χ4n) is 1.39. The molecule has 1 amide bonds. The third-order valence-corrected chi connectivity index (χ3v) is 2.24. The van der Waals surface area contributed by atoms with Crippen LogP contribution < -0.4 is 5.73 Å². The Morgan fingerprint density at radius 1 is 1.65 bits per heavy atom. The minimum atomic E-state index is -0.126. The average Bonchev–Trinajstić information content (AvgIpc) is 2.70. The summed E-state index contributed by atoms with van der Waals surface area (Å²) in [4.78, 5) is 13.4. The third-order valence-electron chi connectivity index (χ3n) is 2.24. The molecule has 3 N–H and O–H groups in total. The van der Waals surface area contributed by atoms with Crippen LogP contribution in [0, 0.1) is 0 Å². The highest BCUT2D eigenvalue weighted by Gasteiger charge is 2.13. The first-order valence-corrected chi connectivity index (χ1v) is 5.33. The summed E-state index contributed by atoms with van der Waals surface area (Å²) in [5.41, 5.74) is 6.02. The summed E-state index contributed by atoms with van der Waals surface area (Å²) in [6.07, 6.45) is 3.07. The van der Waals surface area contributed by atoms with Gasteiger partial charge in [-0.05, 0) is 0 Å². The Balaban J connectivity index is 2.52. The predicted octanol–water partition coefficient (Wildman–Crippen LogP) is -1.07. The number of methoxy groups -OCH3 is 1. The number of nitrogen functional groups attached to an aromatic ring is 1. The lowest BCUT2D eigenvalue weighted by atomic mass is 10.4. The summed E-state index contributed by atoms with van der Waals surface area (Å²) >= 11 is 0. The number of hydrogen-bond donors (Lipinski definition) is 2. The number of nitrogens with two attached hydrogens (primary N) is 1. The molecule has 1 heterocycles. The van der Waals surface area contributed by atoms with Gasteiger partial charge in [0.1, 0.15) is 6.54 Å². The highest BCUT2D eigenvalue weighted by Crippen LogP contribution is 1.99. The molecule has 0 saturated carbocycles. The number of aromatic nitrogens is 2. The van der Waals surface area contributed by atoms with E-state index in [2.05, 4.69) is 5.10 Å². The van der Waals surface area contributed by atoms with Gasteiger partial charge in [-0.2, -0.15) is 5.10 Å². The lowest BCUT2D eigenvalue weighted by Gasteiger charge is -2.21. The molecule has 0 aliphatic heterocycles. The van der Waals surface area contributed by atoms with Gasteiger partial charge in [-0.15, -0.1) is 0 Å². The molecule has 0 atom stereocenters. The molecule has 0 unspecified atom stereocenters. The van der Waals surface area contributed by atoms with Crippen LogP contribution in [0.3, 0.4) is 0 Å². The molecule has 96 valence electrons. The van der Waals surface area contributed by atoms with Gasteiger partial charge in [0.15, 0.2) is 0 Å². The Kier molecular flexibility index (Phi) is 5.44. The van der Waals surface area contributed by atoms with Crippen molar-refractivity contribution in [2.24, 2.45) is 0 Å². The van der Waals surface area contributed by atoms with Gasteiger partial charge < -0.3 is 20.5 Å². The van der Waals surface area contributed by atoms with E-state index in [0.717, 1.165) is 0 Å². The Morgan fingerprint density at radius 3 is 2.94 bits per heavy atom. The van der Waals surface area contributed by atoms with Crippen LogP contribution >= 0.6 is 0 Å². The second-order valence-corrected chi connectivity index (χ2v) is 3.57. The Labute approximate surface area is 99.8 Å². The third kappa shape index (κ3) is 4.41. The molecular weight excluding hydrogens is 224 g/mol. The van der Waals surface area contributed by atoms with Crippen molar-refractivity contribution < 1.29 is 14.6 Å². The van der Waals surface area contributed by atoms with Crippen molar-refractivity contribution in [2.45, 2.75) is 6.54 Å². The molecule has 7 nitrogen and oxygen atoms in total. The zero-order valence-corrected chi connectivity index (χ0v) is 9.87. The maximum atomic E-state index is 11.9. The van der Waals surface area contributed by atoms with Crippen molar-refractivity contribution >= 4 is 11.6 Å². The summed E-state index contributed by atoms with van der Waals surface area (Å²) in [5, 5.41) is 12.8. The number of amides is 1. The molecular formula is C10H18N4O3. The lowest BCUT2D eigenvalue weighted by Crippen LogP contribution is -2.38. The molecule has 0 aromatic carbocycles. The van der Waals surface area contributed by atoms with E-state index < -0.39 is 0 Å². The average molecular weight is 242 g/mol. The van der Waals surface area contributed by atoms with Crippen molar-refractivity contribution in [1.29, 1.82) is 0 Å². The van der Waals surface area contributed by atoms with Gasteiger partial charge in [0.2, 0.25) is 5.91 Å². The van der Waals surface area contributed by atoms with E-state index in [1.165, 1.54) is 15.8 Å². The van der Waals surface area contributed by atoms with Gasteiger partial charge in [-0.1, -0.05) is 0 Å². The van der Waals surface area contributed by atoms with Crippen LogP contribution in [0.15, 0.2) is 12.4 Å². The van der Waals surface area contributed by atoms with Crippen LogP contribution in [0.5, 0.6) is 0 Å². The van der Waals surface area contributed by atoms with E-state index in [1.54, 1.807) is 13.3 Å². The van der Waals surface area contributed by atoms with E-state index in [9.17, 15) is 4.79 Å². The molecule has 0 saturated heterocycles. The van der Waals surface area contributed by atoms with Gasteiger partial charge >= 0.3 is 0 Å². The number of rotatable bonds is 7. The zero-order valence-electron chi connectivity index (χ0n) is 9.87. The Hall–Kier alpha value is -1.60. The van der Waals surface area contributed by atoms with Crippen molar-refractivity contribution in [3.8, 4) is 0 Å². The normalized spacial score (nSPS) is 10.5. The van der Waals surface area contributed by atoms with Gasteiger partial charge in [-0.3, -0.25) is 9.48 Å². The van der Waals surface area contributed by atoms with E-state index >= 15 is 0 Å². The molecule has 0 fully saturated rings. The molecule has 7 heteroatoms. The summed E-state index contributed by atoms with van der Waals surface area (Å²) in [6.45, 7) is 1.22. The maximum absolute atomic E-state index is 11.9. The highest BCUT2D eigenvalue weighted by molar-refractivity contribution is 5.76. The second kappa shape index (κ2) is 6.87. The molecule has 1 rings (SSSR count). The number of carbonyl (C=O) groups is 1. The lowest BCUT2D eigenvalue weighted by molar-refractivity contribution is -0.133. The second-order valence-electron chi connectivity index (χ2n) is 3.57. The molecule has 1 aromatic rings. The first-order chi connectivity index (χ1) is 8.17. The van der Waals surface area contributed by atoms with Crippen LogP contribution in [0.4, 0.5) is 5.69 Å². The van der Waals surface area contributed by atoms with Crippen LogP contribution in [0.1, 0.15) is 0 Å². The van der Waals surface area contributed by atoms with Crippen molar-refractivity contribution in [3.63, 3.8) is 0 Å². The van der Waals surface area contributed by atoms with E-state index in [0.29, 0.717) is 25.4 Å². The van der Waals surface area contributed by atoms with Crippen molar-refractivity contribution in [3.05, 3.63) is 12.4 Å². The van der Waals surface area contributed by atoms with Crippen LogP contribution in [0.2, 0.25) is 0 Å². The van der Waals surface area contributed by atoms with Crippen molar-refractivity contribution in [2.75, 3.05) is 39.1 Å². The monoisotopic (exact) mass is 242 g/mol. The zero-order chi connectivity index (χ0) is 12.7. The molecule has 17 heavy (non-hydrogen) atoms. The number of hydrogen-bond acceptors (Lipinski definition) is 5. The first kappa shape index (κ1) is 13.5. The summed E-state index contributed by atoms with van der Waals surface area (Å²) < 4.78 is 6.37. The molecule has 0 bridgehead atoms. The van der Waals surface area contributed by atoms with E-state index in [4.69, 9.17) is 15.6 Å². The minimum Gasteiger partial charge on any atom is -0.396 e. The fourth-order valence-corrected chi connectivity index (χ4v) is 1.39. The summed E-state index contributed by atoms with van der Waals surface area (Å²) in [6, 6.07) is 0. The number of nitrogens with zero attached hydrogens (tertiary/aromatic N) is 3. The molecule has 0 spiro atoms. The van der Waals surface area contributed by atoms with E-state index in [1.807, 2.05) is 0 Å². The Morgan fingerprint density at radius 2 is 2.41 bits per heavy atom. The minimum absolute atomic E-state index is 0.0727.